The average molecular weight is 627 g/mol. The number of para-hydroxylation sites is 2. The molecule has 0 spiro atoms. The average Bonchev–Trinajstić information content (AvgIpc) is 3.59. The molecule has 0 radical (unpaired) electrons. The lowest BCUT2D eigenvalue weighted by molar-refractivity contribution is 0.0594. The summed E-state index contributed by atoms with van der Waals surface area (Å²) in [7, 11) is 1.43. The fraction of sp³-hybridized carbons (Fsp3) is 0.0625. The molecule has 0 aliphatic heterocycles. The van der Waals surface area contributed by atoms with Crippen LogP contribution in [0.25, 0.3) is 33.1 Å². The number of hydrogen-bond donors (Lipinski definition) is 4. The number of ether oxygens (including phenoxy) is 2. The van der Waals surface area contributed by atoms with Crippen LogP contribution in [-0.2, 0) is 9.47 Å². The molecule has 0 aliphatic rings. The van der Waals surface area contributed by atoms with Crippen molar-refractivity contribution < 1.29 is 29.1 Å². The van der Waals surface area contributed by atoms with Gasteiger partial charge in [0.1, 0.15) is 0 Å². The lowest BCUT2D eigenvalue weighted by Gasteiger charge is -2.03. The molecule has 6 rings (SSSR count). The third-order valence-electron chi connectivity index (χ3n) is 6.31. The zero-order valence-corrected chi connectivity index (χ0v) is 24.5. The first-order valence-electron chi connectivity index (χ1n) is 12.9. The molecule has 0 atom stereocenters. The van der Waals surface area contributed by atoms with Crippen LogP contribution < -0.4 is 5.46 Å². The Morgan fingerprint density at radius 2 is 1.10 bits per heavy atom. The van der Waals surface area contributed by atoms with E-state index in [-0.39, 0.29) is 11.9 Å². The monoisotopic (exact) mass is 626 g/mol. The summed E-state index contributed by atoms with van der Waals surface area (Å²) in [5, 5.41) is 18.9. The summed E-state index contributed by atoms with van der Waals surface area (Å²) in [6.45, 7) is 0. The quantitative estimate of drug-likeness (QED) is 0.147. The molecule has 0 aliphatic carbocycles. The number of H-pyrrole nitrogens is 2. The number of aromatic amines is 2. The van der Waals surface area contributed by atoms with Gasteiger partial charge in [-0.25, -0.2) is 9.59 Å². The molecule has 42 heavy (non-hydrogen) atoms. The second-order valence-corrected chi connectivity index (χ2v) is 9.71. The minimum Gasteiger partial charge on any atom is -0.465 e. The van der Waals surface area contributed by atoms with Gasteiger partial charge >= 0.3 is 19.1 Å². The molecular weight excluding hydrogens is 599 g/mol. The largest absolute Gasteiger partial charge is 0.488 e. The van der Waals surface area contributed by atoms with E-state index in [1.807, 2.05) is 84.9 Å². The van der Waals surface area contributed by atoms with Gasteiger partial charge in [0.2, 0.25) is 0 Å². The van der Waals surface area contributed by atoms with Crippen molar-refractivity contribution in [3.05, 3.63) is 125 Å². The summed E-state index contributed by atoms with van der Waals surface area (Å²) in [5.41, 5.74) is 5.28. The van der Waals surface area contributed by atoms with Gasteiger partial charge in [0.05, 0.1) is 35.6 Å². The smallest absolute Gasteiger partial charge is 0.465 e. The number of hydrogen-bond acceptors (Lipinski definition) is 6. The molecule has 2 aromatic heterocycles. The van der Waals surface area contributed by atoms with Gasteiger partial charge in [-0.3, -0.25) is 0 Å². The Morgan fingerprint density at radius 1 is 0.643 bits per heavy atom. The highest BCUT2D eigenvalue weighted by Crippen LogP contribution is 2.30. The zero-order valence-electron chi connectivity index (χ0n) is 22.9. The zero-order chi connectivity index (χ0) is 30.1. The number of carbonyl (C=O) groups excluding carboxylic acids is 2. The molecule has 0 bridgehead atoms. The molecule has 0 saturated heterocycles. The molecular formula is C32H28BBrN2O6. The van der Waals surface area contributed by atoms with E-state index < -0.39 is 7.12 Å². The number of carbonyl (C=O) groups is 2. The molecule has 10 heteroatoms. The number of esters is 2. The number of nitrogens with one attached hydrogen (secondary N) is 2. The minimum atomic E-state index is -1.34. The highest BCUT2D eigenvalue weighted by molar-refractivity contribution is 9.10. The van der Waals surface area contributed by atoms with Crippen LogP contribution in [-0.4, -0.2) is 53.3 Å². The topological polar surface area (TPSA) is 125 Å². The van der Waals surface area contributed by atoms with Crippen LogP contribution in [0.1, 0.15) is 20.7 Å². The molecule has 0 fully saturated rings. The van der Waals surface area contributed by atoms with Crippen molar-refractivity contribution in [2.75, 3.05) is 14.2 Å². The summed E-state index contributed by atoms with van der Waals surface area (Å²) in [4.78, 5) is 29.8. The standard InChI is InChI=1S/C16H13NO2.C10H8BrNO2.C6H7BO2/c1-19-16(18)14-12-9-5-6-10-13(12)17-15(14)11-7-3-2-4-8-11;1-14-10(13)8-6-4-2-3-5-7(6)12-9(8)11;8-7(9)6-4-2-1-3-5-6/h2-10,17H,1H3;2-5,12H,1H3;1-5,8-9H. The van der Waals surface area contributed by atoms with Crippen molar-refractivity contribution in [1.82, 2.24) is 9.97 Å². The van der Waals surface area contributed by atoms with Crippen molar-refractivity contribution in [3.8, 4) is 11.3 Å². The Morgan fingerprint density at radius 3 is 1.62 bits per heavy atom. The van der Waals surface area contributed by atoms with E-state index in [1.165, 1.54) is 14.2 Å². The van der Waals surface area contributed by atoms with Gasteiger partial charge in [-0.05, 0) is 39.1 Å². The van der Waals surface area contributed by atoms with E-state index >= 15 is 0 Å². The maximum atomic E-state index is 12.0. The summed E-state index contributed by atoms with van der Waals surface area (Å²) < 4.78 is 10.3. The Balaban J connectivity index is 0.000000155. The normalized spacial score (nSPS) is 10.2. The van der Waals surface area contributed by atoms with Gasteiger partial charge < -0.3 is 29.5 Å². The molecule has 4 N–H and O–H groups in total. The number of aromatic nitrogens is 2. The fourth-order valence-electron chi connectivity index (χ4n) is 4.31. The molecule has 4 aromatic carbocycles. The van der Waals surface area contributed by atoms with Gasteiger partial charge in [-0.15, -0.1) is 0 Å². The summed E-state index contributed by atoms with van der Waals surface area (Å²) in [6.07, 6.45) is 0. The predicted molar refractivity (Wildman–Crippen MR) is 169 cm³/mol. The van der Waals surface area contributed by atoms with Crippen LogP contribution >= 0.6 is 15.9 Å². The first kappa shape index (κ1) is 30.3. The molecule has 6 aromatic rings. The number of fused-ring (bicyclic) bond motifs is 2. The molecule has 0 unspecified atom stereocenters. The van der Waals surface area contributed by atoms with Crippen molar-refractivity contribution in [3.63, 3.8) is 0 Å². The second kappa shape index (κ2) is 14.3. The number of rotatable bonds is 4. The van der Waals surface area contributed by atoms with Crippen LogP contribution in [0.2, 0.25) is 0 Å². The summed E-state index contributed by atoms with van der Waals surface area (Å²) >= 11 is 3.29. The number of methoxy groups -OCH3 is 2. The summed E-state index contributed by atoms with van der Waals surface area (Å²) in [5.74, 6) is -0.661. The maximum absolute atomic E-state index is 12.0. The number of halogens is 1. The lowest BCUT2D eigenvalue weighted by atomic mass is 9.81. The van der Waals surface area contributed by atoms with Crippen LogP contribution in [0.5, 0.6) is 0 Å². The second-order valence-electron chi connectivity index (χ2n) is 8.91. The van der Waals surface area contributed by atoms with Gasteiger partial charge in [0.15, 0.2) is 0 Å². The van der Waals surface area contributed by atoms with Crippen molar-refractivity contribution in [2.24, 2.45) is 0 Å². The molecule has 0 amide bonds. The molecule has 2 heterocycles. The SMILES string of the molecule is COC(=O)c1c(-c2ccccc2)[nH]c2ccccc12.COC(=O)c1c(Br)[nH]c2ccccc12.OB(O)c1ccccc1. The number of benzene rings is 4. The van der Waals surface area contributed by atoms with E-state index in [0.717, 1.165) is 33.1 Å². The fourth-order valence-corrected chi connectivity index (χ4v) is 4.90. The predicted octanol–water partition coefficient (Wildman–Crippen LogP) is 5.70. The van der Waals surface area contributed by atoms with Crippen LogP contribution in [0, 0.1) is 0 Å². The Hall–Kier alpha value is -4.64. The molecule has 8 nitrogen and oxygen atoms in total. The molecule has 212 valence electrons. The van der Waals surface area contributed by atoms with E-state index in [4.69, 9.17) is 19.5 Å². The minimum absolute atomic E-state index is 0.323. The van der Waals surface area contributed by atoms with E-state index in [9.17, 15) is 9.59 Å². The van der Waals surface area contributed by atoms with Gasteiger partial charge in [-0.1, -0.05) is 97.1 Å². The first-order valence-corrected chi connectivity index (χ1v) is 13.6. The van der Waals surface area contributed by atoms with E-state index in [1.54, 1.807) is 24.3 Å². The molecule has 0 saturated carbocycles. The van der Waals surface area contributed by atoms with Crippen LogP contribution in [0.3, 0.4) is 0 Å². The lowest BCUT2D eigenvalue weighted by Crippen LogP contribution is -2.29. The summed E-state index contributed by atoms with van der Waals surface area (Å²) in [6, 6.07) is 33.7. The van der Waals surface area contributed by atoms with Crippen molar-refractivity contribution >= 4 is 62.3 Å². The Labute approximate surface area is 251 Å². The van der Waals surface area contributed by atoms with Crippen LogP contribution in [0.4, 0.5) is 0 Å². The maximum Gasteiger partial charge on any atom is 0.488 e. The Bertz CT molecular complexity index is 1790. The third kappa shape index (κ3) is 6.98. The van der Waals surface area contributed by atoms with Crippen molar-refractivity contribution in [2.45, 2.75) is 0 Å². The van der Waals surface area contributed by atoms with Gasteiger partial charge in [0, 0.05) is 21.8 Å². The van der Waals surface area contributed by atoms with Gasteiger partial charge in [-0.2, -0.15) is 0 Å². The van der Waals surface area contributed by atoms with Gasteiger partial charge in [0.25, 0.3) is 0 Å². The third-order valence-corrected chi connectivity index (χ3v) is 6.90. The van der Waals surface area contributed by atoms with E-state index in [0.29, 0.717) is 21.2 Å². The van der Waals surface area contributed by atoms with Crippen LogP contribution in [0.15, 0.2) is 114 Å². The van der Waals surface area contributed by atoms with Crippen molar-refractivity contribution in [1.29, 1.82) is 0 Å². The highest BCUT2D eigenvalue weighted by Gasteiger charge is 2.20. The first-order chi connectivity index (χ1) is 20.3. The highest BCUT2D eigenvalue weighted by atomic mass is 79.9. The Kier molecular flexibility index (Phi) is 10.3. The van der Waals surface area contributed by atoms with E-state index in [2.05, 4.69) is 25.9 Å².